The number of carbonyl (C=O) groups is 1. The van der Waals surface area contributed by atoms with Crippen LogP contribution >= 0.6 is 0 Å². The number of rotatable bonds is 8. The monoisotopic (exact) mass is 406 g/mol. The van der Waals surface area contributed by atoms with Crippen molar-refractivity contribution in [2.24, 2.45) is 16.4 Å². The van der Waals surface area contributed by atoms with E-state index in [1.807, 2.05) is 10.0 Å². The fourth-order valence-electron chi connectivity index (χ4n) is 3.84. The molecule has 3 rings (SSSR count). The molecule has 0 saturated carbocycles. The van der Waals surface area contributed by atoms with E-state index >= 15 is 0 Å². The van der Waals surface area contributed by atoms with Gasteiger partial charge in [0, 0.05) is 38.7 Å². The molecule has 1 aromatic carbocycles. The van der Waals surface area contributed by atoms with Gasteiger partial charge in [-0.25, -0.2) is 9.45 Å². The van der Waals surface area contributed by atoms with Crippen LogP contribution in [0, 0.1) is 11.7 Å². The highest BCUT2D eigenvalue weighted by molar-refractivity contribution is 5.72. The topological polar surface area (TPSA) is 64.0 Å². The van der Waals surface area contributed by atoms with Gasteiger partial charge in [0.2, 0.25) is 5.91 Å². The predicted octanol–water partition coefficient (Wildman–Crippen LogP) is 2.69. The fourth-order valence-corrected chi connectivity index (χ4v) is 3.84. The van der Waals surface area contributed by atoms with Crippen molar-refractivity contribution in [3.8, 4) is 0 Å². The Morgan fingerprint density at radius 1 is 1.28 bits per heavy atom. The van der Waals surface area contributed by atoms with Crippen LogP contribution in [0.2, 0.25) is 0 Å². The van der Waals surface area contributed by atoms with Crippen molar-refractivity contribution in [3.05, 3.63) is 35.6 Å². The number of hydrogen-bond donors (Lipinski definition) is 0. The molecule has 8 nitrogen and oxygen atoms in total. The number of amides is 1. The maximum absolute atomic E-state index is 13.9. The molecule has 2 aliphatic rings. The first-order chi connectivity index (χ1) is 14.0. The zero-order valence-corrected chi connectivity index (χ0v) is 17.5. The molecule has 0 N–H and O–H groups in total. The fraction of sp³-hybridized carbons (Fsp3) is 0.650. The minimum Gasteiger partial charge on any atom is -0.301 e. The summed E-state index contributed by atoms with van der Waals surface area (Å²) < 4.78 is 13.9. The summed E-state index contributed by atoms with van der Waals surface area (Å²) in [4.78, 5) is 20.3. The molecule has 0 aliphatic carbocycles. The van der Waals surface area contributed by atoms with Crippen LogP contribution in [0.5, 0.6) is 0 Å². The molecule has 29 heavy (non-hydrogen) atoms. The number of hydroxylamine groups is 2. The summed E-state index contributed by atoms with van der Waals surface area (Å²) in [5, 5.41) is 13.6. The summed E-state index contributed by atoms with van der Waals surface area (Å²) in [5.41, 5.74) is 0.449. The van der Waals surface area contributed by atoms with Gasteiger partial charge in [-0.15, -0.1) is 0 Å². The average Bonchev–Trinajstić information content (AvgIpc) is 3.17. The lowest BCUT2D eigenvalue weighted by atomic mass is 9.93. The zero-order valence-electron chi connectivity index (χ0n) is 17.5. The van der Waals surface area contributed by atoms with Crippen LogP contribution in [0.15, 0.2) is 34.7 Å². The van der Waals surface area contributed by atoms with Gasteiger partial charge >= 0.3 is 0 Å². The Balaban J connectivity index is 1.49. The van der Waals surface area contributed by atoms with Gasteiger partial charge in [-0.05, 0) is 25.3 Å². The molecule has 9 heteroatoms. The van der Waals surface area contributed by atoms with E-state index in [0.29, 0.717) is 5.56 Å². The molecule has 2 aliphatic heterocycles. The number of halogens is 1. The molecule has 1 amide bonds. The van der Waals surface area contributed by atoms with Crippen molar-refractivity contribution < 1.29 is 14.0 Å². The Kier molecular flexibility index (Phi) is 7.38. The van der Waals surface area contributed by atoms with E-state index in [-0.39, 0.29) is 30.3 Å². The van der Waals surface area contributed by atoms with Gasteiger partial charge < -0.3 is 4.90 Å². The molecule has 1 aromatic rings. The molecule has 2 atom stereocenters. The maximum atomic E-state index is 13.9. The third-order valence-corrected chi connectivity index (χ3v) is 5.53. The quantitative estimate of drug-likeness (QED) is 0.621. The largest absolute Gasteiger partial charge is 0.301 e. The molecule has 0 aromatic heterocycles. The van der Waals surface area contributed by atoms with E-state index in [0.717, 1.165) is 45.8 Å². The Hall–Kier alpha value is -2.26. The normalized spacial score (nSPS) is 22.3. The van der Waals surface area contributed by atoms with E-state index < -0.39 is 0 Å². The van der Waals surface area contributed by atoms with Crippen LogP contribution in [0.4, 0.5) is 4.39 Å². The Bertz CT molecular complexity index is 718. The minimum atomic E-state index is -0.320. The molecule has 160 valence electrons. The summed E-state index contributed by atoms with van der Waals surface area (Å²) in [7, 11) is 0. The second kappa shape index (κ2) is 9.98. The number of benzene rings is 1. The SMILES string of the molecule is CCN1CN(CCN2CCC(N(OCc3ccccc3F)C(C)=O)C(C)C2)N=N1. The first-order valence-corrected chi connectivity index (χ1v) is 10.3. The zero-order chi connectivity index (χ0) is 20.8. The molecule has 2 heterocycles. The number of piperidine rings is 1. The molecule has 0 spiro atoms. The van der Waals surface area contributed by atoms with Gasteiger partial charge in [0.15, 0.2) is 0 Å². The Morgan fingerprint density at radius 2 is 2.03 bits per heavy atom. The van der Waals surface area contributed by atoms with E-state index in [2.05, 4.69) is 29.2 Å². The first kappa shape index (κ1) is 21.4. The van der Waals surface area contributed by atoms with E-state index in [9.17, 15) is 9.18 Å². The van der Waals surface area contributed by atoms with Crippen LogP contribution in [0.1, 0.15) is 32.8 Å². The van der Waals surface area contributed by atoms with Gasteiger partial charge in [-0.3, -0.25) is 19.6 Å². The van der Waals surface area contributed by atoms with Gasteiger partial charge in [-0.1, -0.05) is 35.6 Å². The highest BCUT2D eigenvalue weighted by atomic mass is 19.1. The summed E-state index contributed by atoms with van der Waals surface area (Å²) in [5.74, 6) is -0.219. The molecule has 1 saturated heterocycles. The number of carbonyl (C=O) groups excluding carboxylic acids is 1. The smallest absolute Gasteiger partial charge is 0.243 e. The highest BCUT2D eigenvalue weighted by Crippen LogP contribution is 2.24. The van der Waals surface area contributed by atoms with Crippen LogP contribution in [0.3, 0.4) is 0 Å². The summed E-state index contributed by atoms with van der Waals surface area (Å²) in [6.07, 6.45) is 0.820. The second-order valence-corrected chi connectivity index (χ2v) is 7.72. The molecular formula is C20H31FN6O2. The lowest BCUT2D eigenvalue weighted by Gasteiger charge is -2.41. The van der Waals surface area contributed by atoms with Crippen molar-refractivity contribution in [1.82, 2.24) is 20.0 Å². The first-order valence-electron chi connectivity index (χ1n) is 10.3. The van der Waals surface area contributed by atoms with Gasteiger partial charge in [0.1, 0.15) is 19.1 Å². The van der Waals surface area contributed by atoms with Crippen LogP contribution in [-0.2, 0) is 16.2 Å². The van der Waals surface area contributed by atoms with Crippen molar-refractivity contribution >= 4 is 5.91 Å². The van der Waals surface area contributed by atoms with E-state index in [1.54, 1.807) is 18.2 Å². The number of hydrogen-bond acceptors (Lipinski definition) is 7. The minimum absolute atomic E-state index is 0.0161. The van der Waals surface area contributed by atoms with Gasteiger partial charge in [0.25, 0.3) is 0 Å². The van der Waals surface area contributed by atoms with Gasteiger partial charge in [-0.2, -0.15) is 0 Å². The standard InChI is InChI=1S/C20H31FN6O2/c1-4-25-15-26(23-22-25)12-11-24-10-9-20(16(2)13-24)27(17(3)28)29-14-18-7-5-6-8-19(18)21/h5-8,16,20H,4,9-15H2,1-3H3. The molecular weight excluding hydrogens is 375 g/mol. The maximum Gasteiger partial charge on any atom is 0.243 e. The Labute approximate surface area is 171 Å². The lowest BCUT2D eigenvalue weighted by Crippen LogP contribution is -2.52. The average molecular weight is 407 g/mol. The molecule has 2 unspecified atom stereocenters. The predicted molar refractivity (Wildman–Crippen MR) is 107 cm³/mol. The van der Waals surface area contributed by atoms with Crippen molar-refractivity contribution in [2.45, 2.75) is 39.8 Å². The number of likely N-dealkylation sites (tertiary alicyclic amines) is 1. The molecule has 0 radical (unpaired) electrons. The number of nitrogens with zero attached hydrogens (tertiary/aromatic N) is 6. The Morgan fingerprint density at radius 3 is 2.69 bits per heavy atom. The summed E-state index contributed by atoms with van der Waals surface area (Å²) in [6.45, 7) is 10.8. The van der Waals surface area contributed by atoms with E-state index in [4.69, 9.17) is 4.84 Å². The molecule has 0 bridgehead atoms. The lowest BCUT2D eigenvalue weighted by molar-refractivity contribution is -0.215. The third kappa shape index (κ3) is 5.63. The highest BCUT2D eigenvalue weighted by Gasteiger charge is 2.33. The van der Waals surface area contributed by atoms with Crippen molar-refractivity contribution in [3.63, 3.8) is 0 Å². The molecule has 1 fully saturated rings. The third-order valence-electron chi connectivity index (χ3n) is 5.53. The summed E-state index contributed by atoms with van der Waals surface area (Å²) in [6, 6.07) is 6.47. The van der Waals surface area contributed by atoms with Crippen LogP contribution in [-0.4, -0.2) is 71.3 Å². The van der Waals surface area contributed by atoms with Crippen LogP contribution < -0.4 is 0 Å². The van der Waals surface area contributed by atoms with Gasteiger partial charge in [0.05, 0.1) is 12.6 Å². The van der Waals surface area contributed by atoms with E-state index in [1.165, 1.54) is 18.1 Å². The van der Waals surface area contributed by atoms with Crippen LogP contribution in [0.25, 0.3) is 0 Å². The van der Waals surface area contributed by atoms with Crippen molar-refractivity contribution in [1.29, 1.82) is 0 Å². The van der Waals surface area contributed by atoms with Crippen molar-refractivity contribution in [2.75, 3.05) is 39.4 Å². The second-order valence-electron chi connectivity index (χ2n) is 7.72. The summed E-state index contributed by atoms with van der Waals surface area (Å²) >= 11 is 0.